The highest BCUT2D eigenvalue weighted by atomic mass is 16.6. The first-order valence-electron chi connectivity index (χ1n) is 23.7. The highest BCUT2D eigenvalue weighted by Crippen LogP contribution is 2.52. The molecule has 12 nitrogen and oxygen atoms in total. The fraction of sp³-hybridized carbons (Fsp3) is 0.635. The molecule has 2 aliphatic carbocycles. The van der Waals surface area contributed by atoms with Crippen molar-refractivity contribution in [2.45, 2.75) is 95.1 Å². The molecule has 0 spiro atoms. The number of carbonyl (C=O) groups is 1. The smallest absolute Gasteiger partial charge is 0.222 e. The number of carbonyl (C=O) groups excluding carboxylic acids is 1. The van der Waals surface area contributed by atoms with E-state index in [0.717, 1.165) is 38.6 Å². The van der Waals surface area contributed by atoms with Gasteiger partial charge in [-0.2, -0.15) is 0 Å². The molecule has 2 N–H and O–H groups in total. The highest BCUT2D eigenvalue weighted by Gasteiger charge is 2.44. The second kappa shape index (κ2) is 27.9. The zero-order chi connectivity index (χ0) is 45.5. The molecule has 0 saturated heterocycles. The molecule has 0 aromatic heterocycles. The van der Waals surface area contributed by atoms with Gasteiger partial charge in [0.05, 0.1) is 98.6 Å². The number of benzene rings is 2. The predicted octanol–water partition coefficient (Wildman–Crippen LogP) is 7.43. The van der Waals surface area contributed by atoms with Crippen LogP contribution in [0, 0.1) is 5.92 Å². The fourth-order valence-corrected chi connectivity index (χ4v) is 9.27. The standard InChI is InChI=1S/C52H78N2O10/c1-51(2)45-15-10-9-13-43(45)44(23-26-58-31-34-62-38-37-61-30-29-57-5)46(51)14-7-6-8-18-49-52(3,4)47-16-11-12-17-48(47)54(49)25-28-60-33-36-64-40-39-63-35-32-59-27-24-50(56)53-41-19-21-42(55)22-20-41/h6-18,41-42,44,46,55H,19-40H2,1-5H3,(H,53,56)/b8-6+,14-7+,49-18+. The summed E-state index contributed by atoms with van der Waals surface area (Å²) in [6.45, 7) is 17.9. The Morgan fingerprint density at radius 1 is 0.672 bits per heavy atom. The van der Waals surface area contributed by atoms with Crippen molar-refractivity contribution in [1.29, 1.82) is 0 Å². The van der Waals surface area contributed by atoms with Gasteiger partial charge in [0.2, 0.25) is 5.91 Å². The summed E-state index contributed by atoms with van der Waals surface area (Å²) in [4.78, 5) is 14.5. The van der Waals surface area contributed by atoms with Gasteiger partial charge in [-0.05, 0) is 78.2 Å². The van der Waals surface area contributed by atoms with E-state index in [1.165, 1.54) is 28.1 Å². The second-order valence-corrected chi connectivity index (χ2v) is 17.9. The molecule has 64 heavy (non-hydrogen) atoms. The Kier molecular flexibility index (Phi) is 22.5. The number of fused-ring (bicyclic) bond motifs is 2. The molecule has 0 bridgehead atoms. The zero-order valence-corrected chi connectivity index (χ0v) is 39.4. The van der Waals surface area contributed by atoms with E-state index in [0.29, 0.717) is 117 Å². The van der Waals surface area contributed by atoms with Crippen LogP contribution in [0.25, 0.3) is 0 Å². The van der Waals surface area contributed by atoms with E-state index in [2.05, 4.69) is 117 Å². The van der Waals surface area contributed by atoms with Gasteiger partial charge < -0.3 is 53.2 Å². The van der Waals surface area contributed by atoms with Gasteiger partial charge >= 0.3 is 0 Å². The first-order valence-corrected chi connectivity index (χ1v) is 23.7. The summed E-state index contributed by atoms with van der Waals surface area (Å²) in [5.41, 5.74) is 6.48. The van der Waals surface area contributed by atoms with Gasteiger partial charge in [-0.1, -0.05) is 94.5 Å². The normalized spacial score (nSPS) is 21.9. The Balaban J connectivity index is 1.01. The molecule has 356 valence electrons. The largest absolute Gasteiger partial charge is 0.393 e. The van der Waals surface area contributed by atoms with Gasteiger partial charge in [-0.3, -0.25) is 4.79 Å². The van der Waals surface area contributed by atoms with Gasteiger partial charge in [-0.15, -0.1) is 0 Å². The predicted molar refractivity (Wildman–Crippen MR) is 252 cm³/mol. The third-order valence-electron chi connectivity index (χ3n) is 12.8. The van der Waals surface area contributed by atoms with Crippen LogP contribution in [0.1, 0.15) is 88.8 Å². The lowest BCUT2D eigenvalue weighted by atomic mass is 9.75. The zero-order valence-electron chi connectivity index (χ0n) is 39.4. The highest BCUT2D eigenvalue weighted by molar-refractivity contribution is 5.76. The van der Waals surface area contributed by atoms with Crippen molar-refractivity contribution in [3.05, 3.63) is 101 Å². The number of allylic oxidation sites excluding steroid dienone is 6. The van der Waals surface area contributed by atoms with Crippen LogP contribution in [0.2, 0.25) is 0 Å². The first kappa shape index (κ1) is 51.6. The average Bonchev–Trinajstić information content (AvgIpc) is 3.64. The summed E-state index contributed by atoms with van der Waals surface area (Å²) in [5.74, 6) is 0.706. The average molecular weight is 891 g/mol. The maximum Gasteiger partial charge on any atom is 0.222 e. The molecule has 1 heterocycles. The summed E-state index contributed by atoms with van der Waals surface area (Å²) in [6, 6.07) is 17.7. The first-order chi connectivity index (χ1) is 31.1. The molecule has 3 aliphatic rings. The van der Waals surface area contributed by atoms with Crippen LogP contribution >= 0.6 is 0 Å². The van der Waals surface area contributed by atoms with Crippen LogP contribution in [0.5, 0.6) is 0 Å². The lowest BCUT2D eigenvalue weighted by Gasteiger charge is -2.29. The van der Waals surface area contributed by atoms with Gasteiger partial charge in [0.25, 0.3) is 0 Å². The number of rotatable bonds is 31. The van der Waals surface area contributed by atoms with Gasteiger partial charge in [-0.25, -0.2) is 0 Å². The van der Waals surface area contributed by atoms with Crippen molar-refractivity contribution < 1.29 is 47.8 Å². The molecule has 12 heteroatoms. The molecule has 2 unspecified atom stereocenters. The van der Waals surface area contributed by atoms with Crippen molar-refractivity contribution in [3.8, 4) is 0 Å². The molecule has 1 fully saturated rings. The topological polar surface area (TPSA) is 126 Å². The minimum absolute atomic E-state index is 0.000422. The molecule has 2 aromatic rings. The summed E-state index contributed by atoms with van der Waals surface area (Å²) < 4.78 is 45.2. The number of aliphatic hydroxyl groups excluding tert-OH is 1. The Morgan fingerprint density at radius 2 is 1.22 bits per heavy atom. The van der Waals surface area contributed by atoms with Gasteiger partial charge in [0.15, 0.2) is 0 Å². The van der Waals surface area contributed by atoms with Crippen molar-refractivity contribution in [2.75, 3.05) is 118 Å². The summed E-state index contributed by atoms with van der Waals surface area (Å²) in [6.07, 6.45) is 15.5. The number of hydrogen-bond donors (Lipinski definition) is 2. The molecular formula is C52H78N2O10. The number of methoxy groups -OCH3 is 1. The number of aliphatic hydroxyl groups is 1. The molecule has 5 rings (SSSR count). The Labute approximate surface area is 383 Å². The van der Waals surface area contributed by atoms with Crippen molar-refractivity contribution in [3.63, 3.8) is 0 Å². The minimum atomic E-state index is -0.225. The second-order valence-electron chi connectivity index (χ2n) is 17.9. The van der Waals surface area contributed by atoms with Crippen molar-refractivity contribution in [1.82, 2.24) is 5.32 Å². The summed E-state index contributed by atoms with van der Waals surface area (Å²) >= 11 is 0. The van der Waals surface area contributed by atoms with Gasteiger partial charge in [0, 0.05) is 49.5 Å². The molecule has 2 aromatic carbocycles. The lowest BCUT2D eigenvalue weighted by molar-refractivity contribution is -0.123. The van der Waals surface area contributed by atoms with E-state index in [1.807, 2.05) is 0 Å². The van der Waals surface area contributed by atoms with Crippen molar-refractivity contribution in [2.24, 2.45) is 5.92 Å². The molecule has 0 radical (unpaired) electrons. The maximum absolute atomic E-state index is 12.1. The molecule has 1 amide bonds. The Morgan fingerprint density at radius 3 is 1.86 bits per heavy atom. The Hall–Kier alpha value is -3.43. The van der Waals surface area contributed by atoms with E-state index >= 15 is 0 Å². The van der Waals surface area contributed by atoms with Crippen LogP contribution in [-0.2, 0) is 53.5 Å². The molecule has 1 saturated carbocycles. The SMILES string of the molecule is COCCOCCOCCOCCC1c2ccccc2C(C)(C)C1/C=C/C=C/C=C1/N(CCOCCOCCOCCOCCC(=O)NC2CCC(O)CC2)c2ccccc2C1(C)C. The van der Waals surface area contributed by atoms with E-state index < -0.39 is 0 Å². The monoisotopic (exact) mass is 891 g/mol. The van der Waals surface area contributed by atoms with E-state index in [-0.39, 0.29) is 28.9 Å². The summed E-state index contributed by atoms with van der Waals surface area (Å²) in [7, 11) is 1.67. The minimum Gasteiger partial charge on any atom is -0.393 e. The van der Waals surface area contributed by atoms with Crippen LogP contribution in [0.3, 0.4) is 0 Å². The van der Waals surface area contributed by atoms with Crippen LogP contribution in [0.4, 0.5) is 5.69 Å². The third kappa shape index (κ3) is 15.9. The van der Waals surface area contributed by atoms with Crippen LogP contribution < -0.4 is 10.2 Å². The molecule has 2 atom stereocenters. The van der Waals surface area contributed by atoms with Crippen LogP contribution in [0.15, 0.2) is 84.6 Å². The number of hydrogen-bond acceptors (Lipinski definition) is 11. The van der Waals surface area contributed by atoms with E-state index in [4.69, 9.17) is 37.9 Å². The molecular weight excluding hydrogens is 813 g/mol. The number of nitrogens with one attached hydrogen (secondary N) is 1. The fourth-order valence-electron chi connectivity index (χ4n) is 9.27. The van der Waals surface area contributed by atoms with E-state index in [1.54, 1.807) is 7.11 Å². The third-order valence-corrected chi connectivity index (χ3v) is 12.8. The number of ether oxygens (including phenoxy) is 8. The number of anilines is 1. The number of para-hydroxylation sites is 1. The van der Waals surface area contributed by atoms with E-state index in [9.17, 15) is 9.90 Å². The number of amides is 1. The van der Waals surface area contributed by atoms with Crippen LogP contribution in [-0.4, -0.2) is 136 Å². The molecule has 1 aliphatic heterocycles. The lowest BCUT2D eigenvalue weighted by Crippen LogP contribution is -2.38. The maximum atomic E-state index is 12.1. The van der Waals surface area contributed by atoms with Gasteiger partial charge in [0.1, 0.15) is 0 Å². The summed E-state index contributed by atoms with van der Waals surface area (Å²) in [5, 5.41) is 12.7. The number of nitrogens with zero attached hydrogens (tertiary/aromatic N) is 1. The quantitative estimate of drug-likeness (QED) is 0.0580. The van der Waals surface area contributed by atoms with Crippen molar-refractivity contribution >= 4 is 11.6 Å². The Bertz CT molecular complexity index is 1740.